The Balaban J connectivity index is 1.85. The molecular weight excluding hydrogens is 369 g/mol. The van der Waals surface area contributed by atoms with Crippen molar-refractivity contribution in [1.82, 2.24) is 19.5 Å². The van der Waals surface area contributed by atoms with E-state index in [-0.39, 0.29) is 12.4 Å². The Bertz CT molecular complexity index is 771. The summed E-state index contributed by atoms with van der Waals surface area (Å²) in [6.07, 6.45) is -0.0947. The highest BCUT2D eigenvalue weighted by atomic mass is 35.5. The van der Waals surface area contributed by atoms with Gasteiger partial charge in [-0.2, -0.15) is 0 Å². The van der Waals surface area contributed by atoms with E-state index in [4.69, 9.17) is 36.4 Å². The van der Waals surface area contributed by atoms with Crippen LogP contribution in [0.1, 0.15) is 6.23 Å². The molecule has 4 atom stereocenters. The van der Waals surface area contributed by atoms with E-state index in [1.54, 1.807) is 0 Å². The van der Waals surface area contributed by atoms with Crippen molar-refractivity contribution in [2.24, 2.45) is 0 Å². The van der Waals surface area contributed by atoms with Gasteiger partial charge in [-0.15, -0.1) is 11.6 Å². The topological polar surface area (TPSA) is 149 Å². The van der Waals surface area contributed by atoms with Gasteiger partial charge in [-0.1, -0.05) is 0 Å². The number of aliphatic hydroxyl groups excluding tert-OH is 1. The van der Waals surface area contributed by atoms with Crippen LogP contribution in [0.5, 0.6) is 0 Å². The molecule has 1 saturated heterocycles. The van der Waals surface area contributed by atoms with Crippen LogP contribution < -0.4 is 5.73 Å². The van der Waals surface area contributed by atoms with E-state index < -0.39 is 30.5 Å². The van der Waals surface area contributed by atoms with Gasteiger partial charge in [-0.25, -0.2) is 15.0 Å². The number of aliphatic hydroxyl groups is 1. The average Bonchev–Trinajstić information content (AvgIpc) is 3.01. The molecule has 1 aliphatic rings. The number of ether oxygens (including phenoxy) is 1. The Morgan fingerprint density at radius 2 is 2.17 bits per heavy atom. The molecule has 0 spiro atoms. The number of nitrogens with zero attached hydrogens (tertiary/aromatic N) is 4. The first-order valence-electron chi connectivity index (χ1n) is 6.38. The normalized spacial score (nSPS) is 28.5. The summed E-state index contributed by atoms with van der Waals surface area (Å²) in [6.45, 7) is -4.16. The second-order valence-electron chi connectivity index (χ2n) is 4.87. The molecule has 13 heteroatoms. The molecule has 5 N–H and O–H groups in total. The Labute approximate surface area is 140 Å². The van der Waals surface area contributed by atoms with Gasteiger partial charge in [0, 0.05) is 0 Å². The van der Waals surface area contributed by atoms with Crippen molar-refractivity contribution >= 4 is 47.1 Å². The highest BCUT2D eigenvalue weighted by Gasteiger charge is 2.44. The Morgan fingerprint density at radius 1 is 1.43 bits per heavy atom. The maximum Gasteiger partial charge on any atom is 0.321 e. The fourth-order valence-electron chi connectivity index (χ4n) is 2.29. The smallest absolute Gasteiger partial charge is 0.321 e. The standard InChI is InChI=1S/C10H13ClN5O5PS/c11-5-7(17)4(1-20-22(18,19)23)21-10(5)16-3-15-6-8(12)13-2-14-9(6)16/h2-5,7,10,17H,1H2,(H2,12,13,14)(H2,18,19,23)/t4?,5-,7-,10-/m1/s1. The van der Waals surface area contributed by atoms with Crippen LogP contribution in [-0.4, -0.2) is 58.6 Å². The third-order valence-corrected chi connectivity index (χ3v) is 4.64. The lowest BCUT2D eigenvalue weighted by Gasteiger charge is -2.17. The molecule has 0 amide bonds. The monoisotopic (exact) mass is 381 g/mol. The summed E-state index contributed by atoms with van der Waals surface area (Å²) in [5.41, 5.74) is 6.50. The SMILES string of the molecule is Nc1ncnc2c1ncn2[C@@H]1OC(COP(O)(O)=S)[C@@H](O)[C@H]1Cl. The van der Waals surface area contributed by atoms with E-state index in [0.717, 1.165) is 0 Å². The number of aromatic nitrogens is 4. The number of halogens is 1. The summed E-state index contributed by atoms with van der Waals surface area (Å²) in [5, 5.41) is 9.30. The molecule has 0 radical (unpaired) electrons. The zero-order valence-corrected chi connectivity index (χ0v) is 13.9. The molecule has 0 bridgehead atoms. The maximum atomic E-state index is 10.1. The van der Waals surface area contributed by atoms with Crippen molar-refractivity contribution in [1.29, 1.82) is 0 Å². The molecule has 0 aromatic carbocycles. The molecule has 2 aromatic heterocycles. The van der Waals surface area contributed by atoms with E-state index >= 15 is 0 Å². The van der Waals surface area contributed by atoms with Crippen LogP contribution in [0.25, 0.3) is 11.2 Å². The number of nitrogen functional groups attached to an aromatic ring is 1. The fraction of sp³-hybridized carbons (Fsp3) is 0.500. The van der Waals surface area contributed by atoms with Crippen LogP contribution in [0, 0.1) is 0 Å². The first-order chi connectivity index (χ1) is 10.8. The zero-order chi connectivity index (χ0) is 16.8. The molecule has 1 aliphatic heterocycles. The summed E-state index contributed by atoms with van der Waals surface area (Å²) in [7, 11) is 0. The molecular formula is C10H13ClN5O5PS. The molecule has 0 aliphatic carbocycles. The summed E-state index contributed by atoms with van der Waals surface area (Å²) in [4.78, 5) is 30.2. The quantitative estimate of drug-likeness (QED) is 0.403. The van der Waals surface area contributed by atoms with Crippen molar-refractivity contribution in [3.8, 4) is 0 Å². The molecule has 2 aromatic rings. The van der Waals surface area contributed by atoms with Crippen molar-refractivity contribution < 1.29 is 24.2 Å². The molecule has 126 valence electrons. The van der Waals surface area contributed by atoms with Gasteiger partial charge in [0.05, 0.1) is 12.9 Å². The van der Waals surface area contributed by atoms with Crippen LogP contribution in [0.15, 0.2) is 12.7 Å². The second-order valence-corrected chi connectivity index (χ2v) is 8.04. The minimum Gasteiger partial charge on any atom is -0.389 e. The number of rotatable bonds is 4. The van der Waals surface area contributed by atoms with Gasteiger partial charge in [0.1, 0.15) is 29.4 Å². The van der Waals surface area contributed by atoms with Gasteiger partial charge in [0.15, 0.2) is 17.7 Å². The average molecular weight is 382 g/mol. The van der Waals surface area contributed by atoms with Gasteiger partial charge in [0.25, 0.3) is 0 Å². The van der Waals surface area contributed by atoms with Gasteiger partial charge >= 0.3 is 6.72 Å². The molecule has 10 nitrogen and oxygen atoms in total. The number of alkyl halides is 1. The van der Waals surface area contributed by atoms with E-state index in [1.165, 1.54) is 17.2 Å². The Kier molecular flexibility index (Phi) is 4.55. The van der Waals surface area contributed by atoms with Gasteiger partial charge < -0.3 is 29.9 Å². The van der Waals surface area contributed by atoms with Crippen LogP contribution in [-0.2, 0) is 21.1 Å². The van der Waals surface area contributed by atoms with E-state index in [0.29, 0.717) is 11.2 Å². The van der Waals surface area contributed by atoms with Crippen molar-refractivity contribution in [2.75, 3.05) is 12.3 Å². The molecule has 1 fully saturated rings. The third-order valence-electron chi connectivity index (χ3n) is 3.36. The number of nitrogens with two attached hydrogens (primary N) is 1. The molecule has 23 heavy (non-hydrogen) atoms. The van der Waals surface area contributed by atoms with Crippen LogP contribution in [0.4, 0.5) is 5.82 Å². The molecule has 0 saturated carbocycles. The summed E-state index contributed by atoms with van der Waals surface area (Å²) < 4.78 is 11.9. The lowest BCUT2D eigenvalue weighted by Crippen LogP contribution is -2.30. The molecule has 3 rings (SSSR count). The zero-order valence-electron chi connectivity index (χ0n) is 11.4. The fourth-order valence-corrected chi connectivity index (χ4v) is 3.16. The van der Waals surface area contributed by atoms with Gasteiger partial charge in [-0.05, 0) is 11.8 Å². The maximum absolute atomic E-state index is 10.1. The van der Waals surface area contributed by atoms with Gasteiger partial charge in [-0.3, -0.25) is 4.57 Å². The number of anilines is 1. The number of imidazole rings is 1. The number of hydrogen-bond donors (Lipinski definition) is 4. The largest absolute Gasteiger partial charge is 0.389 e. The lowest BCUT2D eigenvalue weighted by atomic mass is 10.2. The summed E-state index contributed by atoms with van der Waals surface area (Å²) >= 11 is 10.6. The van der Waals surface area contributed by atoms with E-state index in [1.807, 2.05) is 0 Å². The Morgan fingerprint density at radius 3 is 2.87 bits per heavy atom. The van der Waals surface area contributed by atoms with Crippen molar-refractivity contribution in [2.45, 2.75) is 23.8 Å². The summed E-state index contributed by atoms with van der Waals surface area (Å²) in [6, 6.07) is 0. The third kappa shape index (κ3) is 3.32. The minimum absolute atomic E-state index is 0.208. The van der Waals surface area contributed by atoms with Crippen LogP contribution in [0.3, 0.4) is 0 Å². The number of fused-ring (bicyclic) bond motifs is 1. The van der Waals surface area contributed by atoms with E-state index in [9.17, 15) is 5.11 Å². The molecule has 1 unspecified atom stereocenters. The minimum atomic E-state index is -3.85. The van der Waals surface area contributed by atoms with Gasteiger partial charge in [0.2, 0.25) is 0 Å². The van der Waals surface area contributed by atoms with Crippen LogP contribution >= 0.6 is 18.3 Å². The summed E-state index contributed by atoms with van der Waals surface area (Å²) in [5.74, 6) is 0.208. The van der Waals surface area contributed by atoms with Crippen molar-refractivity contribution in [3.05, 3.63) is 12.7 Å². The lowest BCUT2D eigenvalue weighted by molar-refractivity contribution is -0.0398. The second kappa shape index (κ2) is 6.19. The Hall–Kier alpha value is -0.910. The molecule has 3 heterocycles. The predicted molar refractivity (Wildman–Crippen MR) is 84.0 cm³/mol. The first kappa shape index (κ1) is 16.9. The number of hydrogen-bond acceptors (Lipinski definition) is 8. The van der Waals surface area contributed by atoms with E-state index in [2.05, 4.69) is 26.8 Å². The van der Waals surface area contributed by atoms with Crippen molar-refractivity contribution in [3.63, 3.8) is 0 Å². The first-order valence-corrected chi connectivity index (χ1v) is 9.45. The highest BCUT2D eigenvalue weighted by Crippen LogP contribution is 2.40. The highest BCUT2D eigenvalue weighted by molar-refractivity contribution is 8.06. The van der Waals surface area contributed by atoms with Crippen LogP contribution in [0.2, 0.25) is 0 Å². The predicted octanol–water partition coefficient (Wildman–Crippen LogP) is -0.500.